The Balaban J connectivity index is 1.58. The van der Waals surface area contributed by atoms with Crippen molar-refractivity contribution in [1.82, 2.24) is 9.97 Å². The van der Waals surface area contributed by atoms with Crippen molar-refractivity contribution in [3.63, 3.8) is 0 Å². The molecule has 1 amide bonds. The van der Waals surface area contributed by atoms with E-state index in [-0.39, 0.29) is 18.0 Å². The van der Waals surface area contributed by atoms with E-state index in [0.29, 0.717) is 6.42 Å². The zero-order valence-electron chi connectivity index (χ0n) is 12.2. The van der Waals surface area contributed by atoms with Crippen LogP contribution in [0.2, 0.25) is 0 Å². The van der Waals surface area contributed by atoms with E-state index in [9.17, 15) is 9.18 Å². The van der Waals surface area contributed by atoms with Gasteiger partial charge in [0.25, 0.3) is 0 Å². The second-order valence-electron chi connectivity index (χ2n) is 4.87. The van der Waals surface area contributed by atoms with Crippen molar-refractivity contribution in [3.05, 3.63) is 64.9 Å². The fourth-order valence-corrected chi connectivity index (χ4v) is 2.85. The Morgan fingerprint density at radius 2 is 1.96 bits per heavy atom. The number of pyridine rings is 1. The molecule has 0 aliphatic rings. The minimum Gasteiger partial charge on any atom is -0.324 e. The average Bonchev–Trinajstić information content (AvgIpc) is 3.05. The molecule has 4 nitrogen and oxygen atoms in total. The number of aryl methyl sites for hydroxylation is 1. The first-order chi connectivity index (χ1) is 11.2. The Hall–Kier alpha value is -2.60. The Bertz CT molecular complexity index is 804. The van der Waals surface area contributed by atoms with Crippen molar-refractivity contribution in [1.29, 1.82) is 0 Å². The molecule has 0 aliphatic heterocycles. The van der Waals surface area contributed by atoms with Gasteiger partial charge < -0.3 is 5.32 Å². The first kappa shape index (κ1) is 15.3. The maximum Gasteiger partial charge on any atom is 0.224 e. The van der Waals surface area contributed by atoms with Crippen LogP contribution in [-0.4, -0.2) is 15.9 Å². The van der Waals surface area contributed by atoms with Gasteiger partial charge in [0.15, 0.2) is 0 Å². The van der Waals surface area contributed by atoms with E-state index >= 15 is 0 Å². The zero-order chi connectivity index (χ0) is 16.1. The summed E-state index contributed by atoms with van der Waals surface area (Å²) in [4.78, 5) is 20.6. The van der Waals surface area contributed by atoms with Crippen LogP contribution in [0.5, 0.6) is 0 Å². The molecule has 0 saturated carbocycles. The standard InChI is InChI=1S/C17H14FN3OS/c18-12-5-1-2-6-13(12)20-16(22)8-9-17-21-15(11-23-17)14-7-3-4-10-19-14/h1-7,10-11H,8-9H2,(H,20,22). The molecule has 3 rings (SSSR count). The average molecular weight is 327 g/mol. The summed E-state index contributed by atoms with van der Waals surface area (Å²) in [6.07, 6.45) is 2.48. The molecule has 0 fully saturated rings. The minimum atomic E-state index is -0.437. The fourth-order valence-electron chi connectivity index (χ4n) is 2.05. The molecule has 1 N–H and O–H groups in total. The third-order valence-electron chi connectivity index (χ3n) is 3.19. The molecular weight excluding hydrogens is 313 g/mol. The topological polar surface area (TPSA) is 54.9 Å². The SMILES string of the molecule is O=C(CCc1nc(-c2ccccn2)cs1)Nc1ccccc1F. The maximum absolute atomic E-state index is 13.5. The predicted molar refractivity (Wildman–Crippen MR) is 88.7 cm³/mol. The highest BCUT2D eigenvalue weighted by atomic mass is 32.1. The van der Waals surface area contributed by atoms with Crippen molar-refractivity contribution in [2.45, 2.75) is 12.8 Å². The van der Waals surface area contributed by atoms with Crippen molar-refractivity contribution < 1.29 is 9.18 Å². The monoisotopic (exact) mass is 327 g/mol. The molecule has 0 spiro atoms. The molecule has 3 aromatic rings. The highest BCUT2D eigenvalue weighted by Gasteiger charge is 2.09. The number of thiazole rings is 1. The number of carbonyl (C=O) groups excluding carboxylic acids is 1. The third-order valence-corrected chi connectivity index (χ3v) is 4.10. The number of amides is 1. The van der Waals surface area contributed by atoms with Crippen molar-refractivity contribution in [2.24, 2.45) is 0 Å². The number of rotatable bonds is 5. The summed E-state index contributed by atoms with van der Waals surface area (Å²) < 4.78 is 13.5. The summed E-state index contributed by atoms with van der Waals surface area (Å²) >= 11 is 1.49. The number of para-hydroxylation sites is 1. The number of nitrogens with one attached hydrogen (secondary N) is 1. The van der Waals surface area contributed by atoms with Crippen LogP contribution in [0, 0.1) is 5.82 Å². The summed E-state index contributed by atoms with van der Waals surface area (Å²) in [5, 5.41) is 5.35. The lowest BCUT2D eigenvalue weighted by Crippen LogP contribution is -2.13. The number of halogens is 1. The van der Waals surface area contributed by atoms with Gasteiger partial charge in [-0.2, -0.15) is 0 Å². The molecule has 0 saturated heterocycles. The molecule has 6 heteroatoms. The Kier molecular flexibility index (Phi) is 4.73. The number of hydrogen-bond donors (Lipinski definition) is 1. The largest absolute Gasteiger partial charge is 0.324 e. The van der Waals surface area contributed by atoms with Crippen LogP contribution in [0.3, 0.4) is 0 Å². The van der Waals surface area contributed by atoms with E-state index in [0.717, 1.165) is 16.4 Å². The zero-order valence-corrected chi connectivity index (χ0v) is 13.0. The van der Waals surface area contributed by atoms with Gasteiger partial charge in [-0.1, -0.05) is 18.2 Å². The quantitative estimate of drug-likeness (QED) is 0.773. The third kappa shape index (κ3) is 3.98. The van der Waals surface area contributed by atoms with Gasteiger partial charge in [0.1, 0.15) is 5.82 Å². The number of hydrogen-bond acceptors (Lipinski definition) is 4. The summed E-state index contributed by atoms with van der Waals surface area (Å²) in [6.45, 7) is 0. The van der Waals surface area contributed by atoms with E-state index in [2.05, 4.69) is 15.3 Å². The molecule has 0 radical (unpaired) electrons. The van der Waals surface area contributed by atoms with Crippen LogP contribution in [0.4, 0.5) is 10.1 Å². The molecule has 0 atom stereocenters. The van der Waals surface area contributed by atoms with Crippen LogP contribution in [0.15, 0.2) is 54.0 Å². The Morgan fingerprint density at radius 1 is 1.13 bits per heavy atom. The van der Waals surface area contributed by atoms with Gasteiger partial charge in [0, 0.05) is 24.4 Å². The summed E-state index contributed by atoms with van der Waals surface area (Å²) in [6, 6.07) is 11.8. The number of anilines is 1. The number of benzene rings is 1. The van der Waals surface area contributed by atoms with E-state index in [1.165, 1.54) is 23.5 Å². The summed E-state index contributed by atoms with van der Waals surface area (Å²) in [5.41, 5.74) is 1.82. The van der Waals surface area contributed by atoms with Gasteiger partial charge in [-0.15, -0.1) is 11.3 Å². The molecule has 2 aromatic heterocycles. The van der Waals surface area contributed by atoms with E-state index in [1.54, 1.807) is 18.3 Å². The van der Waals surface area contributed by atoms with Crippen LogP contribution in [0.25, 0.3) is 11.4 Å². The van der Waals surface area contributed by atoms with E-state index in [4.69, 9.17) is 0 Å². The van der Waals surface area contributed by atoms with Crippen molar-refractivity contribution >= 4 is 22.9 Å². The fraction of sp³-hybridized carbons (Fsp3) is 0.118. The molecule has 0 unspecified atom stereocenters. The lowest BCUT2D eigenvalue weighted by molar-refractivity contribution is -0.116. The van der Waals surface area contributed by atoms with Gasteiger partial charge in [-0.05, 0) is 24.3 Å². The minimum absolute atomic E-state index is 0.200. The van der Waals surface area contributed by atoms with Gasteiger partial charge in [-0.3, -0.25) is 9.78 Å². The summed E-state index contributed by atoms with van der Waals surface area (Å²) in [5.74, 6) is -0.669. The first-order valence-electron chi connectivity index (χ1n) is 7.12. The van der Waals surface area contributed by atoms with Crippen LogP contribution < -0.4 is 5.32 Å². The predicted octanol–water partition coefficient (Wildman–Crippen LogP) is 3.92. The molecule has 116 valence electrons. The molecule has 0 bridgehead atoms. The highest BCUT2D eigenvalue weighted by Crippen LogP contribution is 2.21. The second kappa shape index (κ2) is 7.11. The van der Waals surface area contributed by atoms with Crippen LogP contribution in [-0.2, 0) is 11.2 Å². The molecule has 23 heavy (non-hydrogen) atoms. The van der Waals surface area contributed by atoms with Crippen molar-refractivity contribution in [2.75, 3.05) is 5.32 Å². The molecule has 0 aliphatic carbocycles. The maximum atomic E-state index is 13.5. The normalized spacial score (nSPS) is 10.5. The van der Waals surface area contributed by atoms with Crippen LogP contribution >= 0.6 is 11.3 Å². The smallest absolute Gasteiger partial charge is 0.224 e. The lowest BCUT2D eigenvalue weighted by atomic mass is 10.2. The highest BCUT2D eigenvalue weighted by molar-refractivity contribution is 7.09. The lowest BCUT2D eigenvalue weighted by Gasteiger charge is -2.05. The van der Waals surface area contributed by atoms with Crippen molar-refractivity contribution in [3.8, 4) is 11.4 Å². The molecular formula is C17H14FN3OS. The van der Waals surface area contributed by atoms with Gasteiger partial charge in [0.05, 0.1) is 22.1 Å². The van der Waals surface area contributed by atoms with Crippen LogP contribution in [0.1, 0.15) is 11.4 Å². The number of aromatic nitrogens is 2. The number of carbonyl (C=O) groups is 1. The Labute approximate surface area is 137 Å². The van der Waals surface area contributed by atoms with Gasteiger partial charge >= 0.3 is 0 Å². The van der Waals surface area contributed by atoms with E-state index in [1.807, 2.05) is 23.6 Å². The van der Waals surface area contributed by atoms with E-state index < -0.39 is 5.82 Å². The molecule has 2 heterocycles. The van der Waals surface area contributed by atoms with Gasteiger partial charge in [-0.25, -0.2) is 9.37 Å². The van der Waals surface area contributed by atoms with Gasteiger partial charge in [0.2, 0.25) is 5.91 Å². The second-order valence-corrected chi connectivity index (χ2v) is 5.81. The Morgan fingerprint density at radius 3 is 2.74 bits per heavy atom. The summed E-state index contributed by atoms with van der Waals surface area (Å²) in [7, 11) is 0. The first-order valence-corrected chi connectivity index (χ1v) is 8.00. The molecule has 1 aromatic carbocycles. The number of nitrogens with zero attached hydrogens (tertiary/aromatic N) is 2.